The molecule has 0 bridgehead atoms. The zero-order chi connectivity index (χ0) is 14.5. The van der Waals surface area contributed by atoms with Crippen molar-refractivity contribution in [2.75, 3.05) is 14.2 Å². The normalized spacial score (nSPS) is 12.0. The maximum Gasteiger partial charge on any atom is 0.123 e. The Hall–Kier alpha value is -1.71. The molecule has 4 heteroatoms. The van der Waals surface area contributed by atoms with Crippen molar-refractivity contribution in [3.8, 4) is 11.5 Å². The molecular formula is C16H18ClNO2. The third-order valence-electron chi connectivity index (χ3n) is 3.18. The molecule has 0 spiro atoms. The van der Waals surface area contributed by atoms with E-state index in [2.05, 4.69) is 0 Å². The molecule has 1 unspecified atom stereocenters. The second-order valence-electron chi connectivity index (χ2n) is 4.55. The standard InChI is InChI=1S/C16H18ClNO2/c1-19-13-6-7-16(20-2)14(10-13)15(18)9-11-4-3-5-12(17)8-11/h3-8,10,15H,9,18H2,1-2H3. The second-order valence-corrected chi connectivity index (χ2v) is 4.98. The topological polar surface area (TPSA) is 44.5 Å². The number of nitrogens with two attached hydrogens (primary N) is 1. The van der Waals surface area contributed by atoms with Crippen molar-refractivity contribution in [1.82, 2.24) is 0 Å². The van der Waals surface area contributed by atoms with Crippen LogP contribution in [0.25, 0.3) is 0 Å². The van der Waals surface area contributed by atoms with E-state index in [1.165, 1.54) is 0 Å². The summed E-state index contributed by atoms with van der Waals surface area (Å²) in [4.78, 5) is 0. The van der Waals surface area contributed by atoms with Crippen LogP contribution in [0.3, 0.4) is 0 Å². The minimum absolute atomic E-state index is 0.182. The van der Waals surface area contributed by atoms with E-state index in [4.69, 9.17) is 26.8 Å². The van der Waals surface area contributed by atoms with Crippen molar-refractivity contribution in [2.45, 2.75) is 12.5 Å². The van der Waals surface area contributed by atoms with Crippen LogP contribution in [0.1, 0.15) is 17.2 Å². The van der Waals surface area contributed by atoms with Gasteiger partial charge in [-0.2, -0.15) is 0 Å². The summed E-state index contributed by atoms with van der Waals surface area (Å²) in [5.41, 5.74) is 8.31. The maximum absolute atomic E-state index is 6.30. The quantitative estimate of drug-likeness (QED) is 0.915. The van der Waals surface area contributed by atoms with Crippen LogP contribution in [0, 0.1) is 0 Å². The average Bonchev–Trinajstić information content (AvgIpc) is 2.46. The van der Waals surface area contributed by atoms with Crippen molar-refractivity contribution in [3.05, 3.63) is 58.6 Å². The van der Waals surface area contributed by atoms with E-state index in [0.29, 0.717) is 11.4 Å². The molecule has 0 aliphatic rings. The molecular weight excluding hydrogens is 274 g/mol. The largest absolute Gasteiger partial charge is 0.497 e. The van der Waals surface area contributed by atoms with Crippen LogP contribution in [-0.2, 0) is 6.42 Å². The fourth-order valence-electron chi connectivity index (χ4n) is 2.16. The van der Waals surface area contributed by atoms with Gasteiger partial charge in [-0.3, -0.25) is 0 Å². The Morgan fingerprint density at radius 3 is 2.55 bits per heavy atom. The number of hydrogen-bond donors (Lipinski definition) is 1. The van der Waals surface area contributed by atoms with Gasteiger partial charge in [-0.1, -0.05) is 23.7 Å². The van der Waals surface area contributed by atoms with E-state index >= 15 is 0 Å². The molecule has 0 radical (unpaired) electrons. The lowest BCUT2D eigenvalue weighted by molar-refractivity contribution is 0.395. The molecule has 2 aromatic carbocycles. The van der Waals surface area contributed by atoms with Crippen molar-refractivity contribution in [2.24, 2.45) is 5.73 Å². The first-order valence-electron chi connectivity index (χ1n) is 6.36. The summed E-state index contributed by atoms with van der Waals surface area (Å²) in [6.45, 7) is 0. The van der Waals surface area contributed by atoms with Gasteiger partial charge in [0.1, 0.15) is 11.5 Å². The zero-order valence-electron chi connectivity index (χ0n) is 11.6. The lowest BCUT2D eigenvalue weighted by Crippen LogP contribution is -2.14. The first-order chi connectivity index (χ1) is 9.63. The molecule has 2 N–H and O–H groups in total. The SMILES string of the molecule is COc1ccc(OC)c(C(N)Cc2cccc(Cl)c2)c1. The molecule has 0 saturated carbocycles. The van der Waals surface area contributed by atoms with Crippen LogP contribution >= 0.6 is 11.6 Å². The Bertz CT molecular complexity index is 586. The summed E-state index contributed by atoms with van der Waals surface area (Å²) in [5, 5.41) is 0.715. The van der Waals surface area contributed by atoms with Gasteiger partial charge in [0.05, 0.1) is 14.2 Å². The highest BCUT2D eigenvalue weighted by Gasteiger charge is 2.14. The lowest BCUT2D eigenvalue weighted by atomic mass is 9.98. The van der Waals surface area contributed by atoms with E-state index in [1.807, 2.05) is 42.5 Å². The fourth-order valence-corrected chi connectivity index (χ4v) is 2.37. The highest BCUT2D eigenvalue weighted by molar-refractivity contribution is 6.30. The van der Waals surface area contributed by atoms with Crippen LogP contribution in [0.5, 0.6) is 11.5 Å². The second kappa shape index (κ2) is 6.64. The fraction of sp³-hybridized carbons (Fsp3) is 0.250. The maximum atomic E-state index is 6.30. The number of ether oxygens (including phenoxy) is 2. The molecule has 0 amide bonds. The third kappa shape index (κ3) is 3.44. The summed E-state index contributed by atoms with van der Waals surface area (Å²) in [6, 6.07) is 13.2. The Kier molecular flexibility index (Phi) is 4.88. The van der Waals surface area contributed by atoms with Gasteiger partial charge in [0, 0.05) is 16.6 Å². The van der Waals surface area contributed by atoms with Gasteiger partial charge in [-0.05, 0) is 42.3 Å². The molecule has 0 fully saturated rings. The molecule has 0 aromatic heterocycles. The Morgan fingerprint density at radius 1 is 1.10 bits per heavy atom. The van der Waals surface area contributed by atoms with Gasteiger partial charge >= 0.3 is 0 Å². The number of methoxy groups -OCH3 is 2. The molecule has 0 saturated heterocycles. The van der Waals surface area contributed by atoms with Crippen LogP contribution in [-0.4, -0.2) is 14.2 Å². The monoisotopic (exact) mass is 291 g/mol. The Morgan fingerprint density at radius 2 is 1.90 bits per heavy atom. The average molecular weight is 292 g/mol. The van der Waals surface area contributed by atoms with E-state index in [9.17, 15) is 0 Å². The molecule has 2 rings (SSSR count). The van der Waals surface area contributed by atoms with Crippen LogP contribution in [0.4, 0.5) is 0 Å². The van der Waals surface area contributed by atoms with E-state index in [1.54, 1.807) is 14.2 Å². The Balaban J connectivity index is 2.25. The van der Waals surface area contributed by atoms with Gasteiger partial charge in [-0.15, -0.1) is 0 Å². The van der Waals surface area contributed by atoms with E-state index in [-0.39, 0.29) is 6.04 Å². The van der Waals surface area contributed by atoms with E-state index in [0.717, 1.165) is 22.6 Å². The van der Waals surface area contributed by atoms with Crippen LogP contribution in [0.15, 0.2) is 42.5 Å². The third-order valence-corrected chi connectivity index (χ3v) is 3.42. The van der Waals surface area contributed by atoms with Gasteiger partial charge in [-0.25, -0.2) is 0 Å². The Labute approximate surface area is 124 Å². The number of halogens is 1. The van der Waals surface area contributed by atoms with Crippen LogP contribution < -0.4 is 15.2 Å². The molecule has 20 heavy (non-hydrogen) atoms. The lowest BCUT2D eigenvalue weighted by Gasteiger charge is -2.17. The molecule has 0 heterocycles. The van der Waals surface area contributed by atoms with Crippen molar-refractivity contribution < 1.29 is 9.47 Å². The van der Waals surface area contributed by atoms with Gasteiger partial charge < -0.3 is 15.2 Å². The number of rotatable bonds is 5. The number of hydrogen-bond acceptors (Lipinski definition) is 3. The molecule has 106 valence electrons. The highest BCUT2D eigenvalue weighted by atomic mass is 35.5. The molecule has 0 aliphatic carbocycles. The van der Waals surface area contributed by atoms with Crippen molar-refractivity contribution in [1.29, 1.82) is 0 Å². The first kappa shape index (κ1) is 14.7. The van der Waals surface area contributed by atoms with Gasteiger partial charge in [0.2, 0.25) is 0 Å². The minimum Gasteiger partial charge on any atom is -0.497 e. The predicted molar refractivity (Wildman–Crippen MR) is 81.6 cm³/mol. The molecule has 3 nitrogen and oxygen atoms in total. The van der Waals surface area contributed by atoms with Crippen molar-refractivity contribution in [3.63, 3.8) is 0 Å². The van der Waals surface area contributed by atoms with Crippen molar-refractivity contribution >= 4 is 11.6 Å². The van der Waals surface area contributed by atoms with Crippen LogP contribution in [0.2, 0.25) is 5.02 Å². The molecule has 2 aromatic rings. The number of benzene rings is 2. The highest BCUT2D eigenvalue weighted by Crippen LogP contribution is 2.30. The van der Waals surface area contributed by atoms with E-state index < -0.39 is 0 Å². The molecule has 0 aliphatic heterocycles. The smallest absolute Gasteiger partial charge is 0.123 e. The summed E-state index contributed by atoms with van der Waals surface area (Å²) in [6.07, 6.45) is 0.685. The van der Waals surface area contributed by atoms with Gasteiger partial charge in [0.25, 0.3) is 0 Å². The summed E-state index contributed by atoms with van der Waals surface area (Å²) in [5.74, 6) is 1.53. The predicted octanol–water partition coefficient (Wildman–Crippen LogP) is 3.60. The first-order valence-corrected chi connectivity index (χ1v) is 6.73. The minimum atomic E-state index is -0.182. The molecule has 1 atom stereocenters. The van der Waals surface area contributed by atoms with Gasteiger partial charge in [0.15, 0.2) is 0 Å². The zero-order valence-corrected chi connectivity index (χ0v) is 12.4. The summed E-state index contributed by atoms with van der Waals surface area (Å²) < 4.78 is 10.6. The summed E-state index contributed by atoms with van der Waals surface area (Å²) >= 11 is 6.00. The summed E-state index contributed by atoms with van der Waals surface area (Å²) in [7, 11) is 3.27.